The van der Waals surface area contributed by atoms with E-state index in [-0.39, 0.29) is 0 Å². The minimum absolute atomic E-state index is 0.440. The Kier molecular flexibility index (Phi) is 11.1. The number of rotatable bonds is 12. The van der Waals surface area contributed by atoms with E-state index in [9.17, 15) is 0 Å². The molecule has 0 fully saturated rings. The molecule has 2 nitrogen and oxygen atoms in total. The third-order valence-electron chi connectivity index (χ3n) is 4.47. The molecule has 0 aliphatic rings. The number of nitrogens with zero attached hydrogens (tertiary/aromatic N) is 1. The first-order valence-corrected chi connectivity index (χ1v) is 9.38. The van der Waals surface area contributed by atoms with Gasteiger partial charge in [-0.1, -0.05) is 27.7 Å². The average molecular weight is 289 g/mol. The Morgan fingerprint density at radius 3 is 2.21 bits per heavy atom. The van der Waals surface area contributed by atoms with Gasteiger partial charge in [-0.05, 0) is 50.9 Å². The third-order valence-corrected chi connectivity index (χ3v) is 5.18. The Bertz CT molecular complexity index is 205. The first-order valence-electron chi connectivity index (χ1n) is 7.98. The van der Waals surface area contributed by atoms with Gasteiger partial charge in [0, 0.05) is 24.9 Å². The van der Waals surface area contributed by atoms with Gasteiger partial charge in [-0.2, -0.15) is 11.8 Å². The van der Waals surface area contributed by atoms with Crippen LogP contribution in [0.2, 0.25) is 0 Å². The molecule has 0 aliphatic carbocycles. The smallest absolute Gasteiger partial charge is 0.0180 e. The van der Waals surface area contributed by atoms with Crippen LogP contribution in [-0.2, 0) is 0 Å². The standard InChI is InChI=1S/C16H36N2S/c1-7-11-17-13-16(9-3,10-4)14-18(5)15(8-2)12-19-6/h15,17H,7-14H2,1-6H3. The highest BCUT2D eigenvalue weighted by atomic mass is 32.2. The summed E-state index contributed by atoms with van der Waals surface area (Å²) >= 11 is 1.97. The quantitative estimate of drug-likeness (QED) is 0.549. The Hall–Kier alpha value is 0.270. The highest BCUT2D eigenvalue weighted by Crippen LogP contribution is 2.28. The van der Waals surface area contributed by atoms with E-state index in [0.717, 1.165) is 19.1 Å². The van der Waals surface area contributed by atoms with Crippen molar-refractivity contribution in [2.45, 2.75) is 59.4 Å². The van der Waals surface area contributed by atoms with Crippen molar-refractivity contribution < 1.29 is 0 Å². The van der Waals surface area contributed by atoms with Crippen LogP contribution in [0, 0.1) is 5.41 Å². The number of hydrogen-bond donors (Lipinski definition) is 1. The SMILES string of the molecule is CCCNCC(CC)(CC)CN(C)C(CC)CSC. The van der Waals surface area contributed by atoms with Crippen molar-refractivity contribution in [1.82, 2.24) is 10.2 Å². The molecule has 1 N–H and O–H groups in total. The Morgan fingerprint density at radius 1 is 1.16 bits per heavy atom. The molecule has 116 valence electrons. The molecule has 0 aliphatic heterocycles. The van der Waals surface area contributed by atoms with Crippen molar-refractivity contribution in [1.29, 1.82) is 0 Å². The molecule has 0 radical (unpaired) electrons. The summed E-state index contributed by atoms with van der Waals surface area (Å²) in [6.07, 6.45) is 7.22. The number of nitrogens with one attached hydrogen (secondary N) is 1. The normalized spacial score (nSPS) is 14.1. The molecule has 3 heteroatoms. The maximum atomic E-state index is 3.64. The lowest BCUT2D eigenvalue weighted by molar-refractivity contribution is 0.127. The van der Waals surface area contributed by atoms with Gasteiger partial charge in [0.05, 0.1) is 0 Å². The lowest BCUT2D eigenvalue weighted by atomic mass is 9.81. The van der Waals surface area contributed by atoms with E-state index < -0.39 is 0 Å². The minimum Gasteiger partial charge on any atom is -0.316 e. The number of thioether (sulfide) groups is 1. The summed E-state index contributed by atoms with van der Waals surface area (Å²) in [6.45, 7) is 12.8. The van der Waals surface area contributed by atoms with Crippen molar-refractivity contribution >= 4 is 11.8 Å². The highest BCUT2D eigenvalue weighted by Gasteiger charge is 2.29. The fourth-order valence-corrected chi connectivity index (χ4v) is 3.59. The maximum Gasteiger partial charge on any atom is 0.0180 e. The van der Waals surface area contributed by atoms with Crippen LogP contribution >= 0.6 is 11.8 Å². The Morgan fingerprint density at radius 2 is 1.79 bits per heavy atom. The largest absolute Gasteiger partial charge is 0.316 e. The second kappa shape index (κ2) is 11.0. The molecular weight excluding hydrogens is 252 g/mol. The topological polar surface area (TPSA) is 15.3 Å². The van der Waals surface area contributed by atoms with Crippen LogP contribution in [0.25, 0.3) is 0 Å². The van der Waals surface area contributed by atoms with Gasteiger partial charge in [0.15, 0.2) is 0 Å². The summed E-state index contributed by atoms with van der Waals surface area (Å²) in [6, 6.07) is 0.721. The summed E-state index contributed by atoms with van der Waals surface area (Å²) in [4.78, 5) is 2.59. The van der Waals surface area contributed by atoms with Crippen molar-refractivity contribution in [3.05, 3.63) is 0 Å². The molecule has 0 aromatic heterocycles. The van der Waals surface area contributed by atoms with Gasteiger partial charge in [0.2, 0.25) is 0 Å². The van der Waals surface area contributed by atoms with Crippen LogP contribution < -0.4 is 5.32 Å². The van der Waals surface area contributed by atoms with Crippen molar-refractivity contribution in [3.63, 3.8) is 0 Å². The fourth-order valence-electron chi connectivity index (χ4n) is 2.72. The number of hydrogen-bond acceptors (Lipinski definition) is 3. The van der Waals surface area contributed by atoms with E-state index in [2.05, 4.69) is 51.2 Å². The molecule has 0 saturated heterocycles. The zero-order valence-electron chi connectivity index (χ0n) is 14.1. The molecule has 0 heterocycles. The lowest BCUT2D eigenvalue weighted by Gasteiger charge is -2.39. The second-order valence-corrected chi connectivity index (χ2v) is 6.73. The van der Waals surface area contributed by atoms with Gasteiger partial charge in [-0.15, -0.1) is 0 Å². The van der Waals surface area contributed by atoms with Gasteiger partial charge in [0.1, 0.15) is 0 Å². The maximum absolute atomic E-state index is 3.64. The van der Waals surface area contributed by atoms with Gasteiger partial charge in [0.25, 0.3) is 0 Å². The van der Waals surface area contributed by atoms with Gasteiger partial charge in [-0.25, -0.2) is 0 Å². The minimum atomic E-state index is 0.440. The van der Waals surface area contributed by atoms with Crippen LogP contribution in [0.15, 0.2) is 0 Å². The summed E-state index contributed by atoms with van der Waals surface area (Å²) < 4.78 is 0. The van der Waals surface area contributed by atoms with Crippen molar-refractivity contribution in [2.24, 2.45) is 5.41 Å². The van der Waals surface area contributed by atoms with Gasteiger partial charge >= 0.3 is 0 Å². The lowest BCUT2D eigenvalue weighted by Crippen LogP contribution is -2.46. The van der Waals surface area contributed by atoms with E-state index in [1.165, 1.54) is 38.0 Å². The zero-order valence-corrected chi connectivity index (χ0v) is 14.9. The van der Waals surface area contributed by atoms with E-state index in [4.69, 9.17) is 0 Å². The van der Waals surface area contributed by atoms with Crippen LogP contribution in [0.5, 0.6) is 0 Å². The molecular formula is C16H36N2S. The molecule has 1 atom stereocenters. The molecule has 0 rings (SSSR count). The van der Waals surface area contributed by atoms with Crippen molar-refractivity contribution in [3.8, 4) is 0 Å². The van der Waals surface area contributed by atoms with E-state index in [1.54, 1.807) is 0 Å². The molecule has 0 saturated carbocycles. The molecule has 0 aromatic carbocycles. The first kappa shape index (κ1) is 19.3. The predicted octanol–water partition coefficient (Wildman–Crippen LogP) is 3.87. The van der Waals surface area contributed by atoms with E-state index >= 15 is 0 Å². The van der Waals surface area contributed by atoms with Crippen LogP contribution in [0.1, 0.15) is 53.4 Å². The van der Waals surface area contributed by atoms with Crippen LogP contribution in [-0.4, -0.2) is 49.6 Å². The van der Waals surface area contributed by atoms with Crippen LogP contribution in [0.4, 0.5) is 0 Å². The summed E-state index contributed by atoms with van der Waals surface area (Å²) in [7, 11) is 2.31. The first-order chi connectivity index (χ1) is 9.09. The fraction of sp³-hybridized carbons (Fsp3) is 1.00. The summed E-state index contributed by atoms with van der Waals surface area (Å²) in [5, 5.41) is 3.64. The van der Waals surface area contributed by atoms with E-state index in [1.807, 2.05) is 11.8 Å². The Balaban J connectivity index is 4.52. The van der Waals surface area contributed by atoms with Gasteiger partial charge in [-0.3, -0.25) is 0 Å². The molecule has 19 heavy (non-hydrogen) atoms. The average Bonchev–Trinajstić information content (AvgIpc) is 2.43. The third kappa shape index (κ3) is 7.01. The molecule has 1 unspecified atom stereocenters. The van der Waals surface area contributed by atoms with E-state index in [0.29, 0.717) is 5.41 Å². The van der Waals surface area contributed by atoms with Crippen LogP contribution in [0.3, 0.4) is 0 Å². The second-order valence-electron chi connectivity index (χ2n) is 5.82. The molecule has 0 aromatic rings. The molecule has 0 bridgehead atoms. The predicted molar refractivity (Wildman–Crippen MR) is 91.3 cm³/mol. The molecule has 0 amide bonds. The Labute approximate surface area is 126 Å². The summed E-state index contributed by atoms with van der Waals surface area (Å²) in [5.41, 5.74) is 0.440. The zero-order chi connectivity index (χ0) is 14.7. The summed E-state index contributed by atoms with van der Waals surface area (Å²) in [5.74, 6) is 1.25. The van der Waals surface area contributed by atoms with Gasteiger partial charge < -0.3 is 10.2 Å². The molecule has 0 spiro atoms. The monoisotopic (exact) mass is 288 g/mol. The highest BCUT2D eigenvalue weighted by molar-refractivity contribution is 7.98. The van der Waals surface area contributed by atoms with Crippen molar-refractivity contribution in [2.75, 3.05) is 38.7 Å².